The van der Waals surface area contributed by atoms with Crippen LogP contribution in [0.4, 0.5) is 5.69 Å². The molecule has 2 aromatic rings. The fourth-order valence-electron chi connectivity index (χ4n) is 3.47. The minimum Gasteiger partial charge on any atom is -0.366 e. The topological polar surface area (TPSA) is 41.1 Å². The number of anilines is 1. The van der Waals surface area contributed by atoms with Gasteiger partial charge in [0.05, 0.1) is 17.6 Å². The van der Waals surface area contributed by atoms with Crippen molar-refractivity contribution in [2.75, 3.05) is 31.1 Å². The van der Waals surface area contributed by atoms with Crippen molar-refractivity contribution in [2.24, 2.45) is 0 Å². The Hall–Kier alpha value is -1.94. The normalized spacial score (nSPS) is 18.7. The Bertz CT molecular complexity index is 688. The predicted molar refractivity (Wildman–Crippen MR) is 93.9 cm³/mol. The molecule has 1 aliphatic carbocycles. The van der Waals surface area contributed by atoms with Gasteiger partial charge in [-0.2, -0.15) is 0 Å². The number of hydrogen-bond acceptors (Lipinski definition) is 4. The molecular weight excluding hydrogens is 284 g/mol. The third kappa shape index (κ3) is 2.83. The molecule has 0 amide bonds. The Labute approximate surface area is 138 Å². The van der Waals surface area contributed by atoms with Gasteiger partial charge in [0.1, 0.15) is 0 Å². The summed E-state index contributed by atoms with van der Waals surface area (Å²) in [7, 11) is 0. The summed E-state index contributed by atoms with van der Waals surface area (Å²) in [5.41, 5.74) is 4.92. The van der Waals surface area contributed by atoms with Gasteiger partial charge in [-0.15, -0.1) is 0 Å². The molecule has 1 aliphatic heterocycles. The van der Waals surface area contributed by atoms with Crippen LogP contribution in [0.3, 0.4) is 0 Å². The van der Waals surface area contributed by atoms with Crippen LogP contribution in [0.2, 0.25) is 0 Å². The summed E-state index contributed by atoms with van der Waals surface area (Å²) in [5, 5.41) is 3.42. The smallest absolute Gasteiger partial charge is 0.159 e. The first-order valence-corrected chi connectivity index (χ1v) is 8.71. The van der Waals surface area contributed by atoms with Crippen LogP contribution in [0.15, 0.2) is 30.5 Å². The van der Waals surface area contributed by atoms with Gasteiger partial charge in [0, 0.05) is 37.7 Å². The lowest BCUT2D eigenvalue weighted by Gasteiger charge is -2.34. The molecule has 1 aromatic carbocycles. The summed E-state index contributed by atoms with van der Waals surface area (Å²) < 4.78 is 0. The van der Waals surface area contributed by atoms with Crippen molar-refractivity contribution in [3.05, 3.63) is 41.7 Å². The Morgan fingerprint density at radius 1 is 1.13 bits per heavy atom. The maximum absolute atomic E-state index is 5.03. The van der Waals surface area contributed by atoms with Gasteiger partial charge in [-0.1, -0.05) is 30.7 Å². The van der Waals surface area contributed by atoms with E-state index in [0.717, 1.165) is 37.6 Å². The van der Waals surface area contributed by atoms with Gasteiger partial charge in [-0.3, -0.25) is 0 Å². The van der Waals surface area contributed by atoms with Crippen LogP contribution in [0, 0.1) is 6.92 Å². The summed E-state index contributed by atoms with van der Waals surface area (Å²) in [6.45, 7) is 6.32. The van der Waals surface area contributed by atoms with E-state index in [0.29, 0.717) is 5.92 Å². The first kappa shape index (κ1) is 14.6. The number of hydrogen-bond donors (Lipinski definition) is 1. The van der Waals surface area contributed by atoms with Crippen LogP contribution in [-0.2, 0) is 0 Å². The van der Waals surface area contributed by atoms with Crippen LogP contribution < -0.4 is 10.2 Å². The zero-order valence-electron chi connectivity index (χ0n) is 13.8. The second-order valence-electron chi connectivity index (χ2n) is 6.64. The van der Waals surface area contributed by atoms with Crippen molar-refractivity contribution in [1.29, 1.82) is 0 Å². The van der Waals surface area contributed by atoms with E-state index in [-0.39, 0.29) is 0 Å². The molecule has 0 atom stereocenters. The van der Waals surface area contributed by atoms with Crippen LogP contribution in [-0.4, -0.2) is 36.1 Å². The summed E-state index contributed by atoms with van der Waals surface area (Å²) >= 11 is 0. The van der Waals surface area contributed by atoms with Crippen molar-refractivity contribution in [3.8, 4) is 11.4 Å². The van der Waals surface area contributed by atoms with E-state index in [1.165, 1.54) is 36.2 Å². The molecular formula is C19H24N4. The number of benzene rings is 1. The molecule has 4 heteroatoms. The predicted octanol–water partition coefficient (Wildman–Crippen LogP) is 3.13. The molecule has 0 radical (unpaired) electrons. The van der Waals surface area contributed by atoms with Gasteiger partial charge in [-0.25, -0.2) is 9.97 Å². The van der Waals surface area contributed by atoms with Crippen molar-refractivity contribution in [3.63, 3.8) is 0 Å². The summed E-state index contributed by atoms with van der Waals surface area (Å²) in [6, 6.07) is 8.39. The Balaban J connectivity index is 1.74. The average molecular weight is 308 g/mol. The maximum atomic E-state index is 5.03. The molecule has 0 bridgehead atoms. The summed E-state index contributed by atoms with van der Waals surface area (Å²) in [6.07, 6.45) is 5.93. The lowest BCUT2D eigenvalue weighted by molar-refractivity contribution is 0.410. The lowest BCUT2D eigenvalue weighted by Crippen LogP contribution is -2.44. The molecule has 120 valence electrons. The number of nitrogens with zero attached hydrogens (tertiary/aromatic N) is 3. The highest BCUT2D eigenvalue weighted by Crippen LogP contribution is 2.40. The standard InChI is InChI=1S/C19H24N4/c1-14-5-2-3-8-16(14)19-21-13-17(23-11-9-20-10-12-23)18(22-19)15-6-4-7-15/h2-3,5,8,13,15,20H,4,6-7,9-12H2,1H3. The van der Waals surface area contributed by atoms with E-state index in [9.17, 15) is 0 Å². The van der Waals surface area contributed by atoms with Gasteiger partial charge in [0.2, 0.25) is 0 Å². The third-order valence-corrected chi connectivity index (χ3v) is 5.13. The van der Waals surface area contributed by atoms with E-state index in [2.05, 4.69) is 47.6 Å². The zero-order valence-corrected chi connectivity index (χ0v) is 13.8. The zero-order chi connectivity index (χ0) is 15.6. The highest BCUT2D eigenvalue weighted by molar-refractivity contribution is 5.62. The average Bonchev–Trinajstić information content (AvgIpc) is 2.55. The highest BCUT2D eigenvalue weighted by Gasteiger charge is 2.27. The van der Waals surface area contributed by atoms with Crippen molar-refractivity contribution >= 4 is 5.69 Å². The van der Waals surface area contributed by atoms with Gasteiger partial charge in [0.25, 0.3) is 0 Å². The molecule has 2 fully saturated rings. The molecule has 1 saturated heterocycles. The molecule has 0 spiro atoms. The third-order valence-electron chi connectivity index (χ3n) is 5.13. The molecule has 1 aromatic heterocycles. The van der Waals surface area contributed by atoms with Crippen LogP contribution in [0.5, 0.6) is 0 Å². The lowest BCUT2D eigenvalue weighted by atomic mass is 9.82. The van der Waals surface area contributed by atoms with Gasteiger partial charge < -0.3 is 10.2 Å². The number of aromatic nitrogens is 2. The fourth-order valence-corrected chi connectivity index (χ4v) is 3.47. The molecule has 1 N–H and O–H groups in total. The fraction of sp³-hybridized carbons (Fsp3) is 0.474. The van der Waals surface area contributed by atoms with Crippen LogP contribution >= 0.6 is 0 Å². The molecule has 2 heterocycles. The van der Waals surface area contributed by atoms with E-state index in [4.69, 9.17) is 9.97 Å². The van der Waals surface area contributed by atoms with Crippen molar-refractivity contribution in [1.82, 2.24) is 15.3 Å². The molecule has 0 unspecified atom stereocenters. The Morgan fingerprint density at radius 3 is 2.61 bits per heavy atom. The van der Waals surface area contributed by atoms with E-state index in [1.54, 1.807) is 0 Å². The molecule has 4 nitrogen and oxygen atoms in total. The maximum Gasteiger partial charge on any atom is 0.159 e. The number of piperazine rings is 1. The minimum atomic E-state index is 0.616. The largest absolute Gasteiger partial charge is 0.366 e. The monoisotopic (exact) mass is 308 g/mol. The number of nitrogens with one attached hydrogen (secondary N) is 1. The molecule has 4 rings (SSSR count). The summed E-state index contributed by atoms with van der Waals surface area (Å²) in [5.74, 6) is 1.49. The van der Waals surface area contributed by atoms with Crippen LogP contribution in [0.25, 0.3) is 11.4 Å². The second kappa shape index (κ2) is 6.28. The van der Waals surface area contributed by atoms with E-state index < -0.39 is 0 Å². The molecule has 1 saturated carbocycles. The van der Waals surface area contributed by atoms with E-state index >= 15 is 0 Å². The van der Waals surface area contributed by atoms with Crippen LogP contribution in [0.1, 0.15) is 36.4 Å². The minimum absolute atomic E-state index is 0.616. The Morgan fingerprint density at radius 2 is 1.91 bits per heavy atom. The van der Waals surface area contributed by atoms with E-state index in [1.807, 2.05) is 0 Å². The van der Waals surface area contributed by atoms with Crippen molar-refractivity contribution < 1.29 is 0 Å². The first-order valence-electron chi connectivity index (χ1n) is 8.71. The molecule has 2 aliphatic rings. The quantitative estimate of drug-likeness (QED) is 0.946. The summed E-state index contributed by atoms with van der Waals surface area (Å²) in [4.78, 5) is 12.2. The number of aryl methyl sites for hydroxylation is 1. The molecule has 23 heavy (non-hydrogen) atoms. The highest BCUT2D eigenvalue weighted by atomic mass is 15.2. The second-order valence-corrected chi connectivity index (χ2v) is 6.64. The first-order chi connectivity index (χ1) is 11.3. The van der Waals surface area contributed by atoms with Crippen molar-refractivity contribution in [2.45, 2.75) is 32.1 Å². The SMILES string of the molecule is Cc1ccccc1-c1ncc(N2CCNCC2)c(C2CCC2)n1. The van der Waals surface area contributed by atoms with Gasteiger partial charge >= 0.3 is 0 Å². The van der Waals surface area contributed by atoms with Gasteiger partial charge in [0.15, 0.2) is 5.82 Å². The Kier molecular flexibility index (Phi) is 4.00. The number of rotatable bonds is 3. The van der Waals surface area contributed by atoms with Gasteiger partial charge in [-0.05, 0) is 25.3 Å².